The molecule has 0 saturated heterocycles. The van der Waals surface area contributed by atoms with Gasteiger partial charge in [-0.15, -0.1) is 0 Å². The lowest BCUT2D eigenvalue weighted by Crippen LogP contribution is -2.14. The van der Waals surface area contributed by atoms with Crippen molar-refractivity contribution in [3.63, 3.8) is 0 Å². The molecule has 0 unspecified atom stereocenters. The predicted molar refractivity (Wildman–Crippen MR) is 80.3 cm³/mol. The van der Waals surface area contributed by atoms with Crippen molar-refractivity contribution < 1.29 is 4.74 Å². The van der Waals surface area contributed by atoms with Gasteiger partial charge in [0, 0.05) is 11.1 Å². The maximum atomic E-state index is 7.58. The molecule has 0 aromatic heterocycles. The first-order valence-corrected chi connectivity index (χ1v) is 6.91. The van der Waals surface area contributed by atoms with E-state index in [1.165, 1.54) is 24.0 Å². The van der Waals surface area contributed by atoms with Crippen LogP contribution in [0, 0.1) is 5.41 Å². The molecule has 1 aliphatic carbocycles. The topological polar surface area (TPSA) is 59.1 Å². The van der Waals surface area contributed by atoms with Crippen LogP contribution < -0.4 is 10.5 Å². The molecule has 2 aromatic rings. The van der Waals surface area contributed by atoms with Crippen LogP contribution in [0.1, 0.15) is 28.7 Å². The first-order valence-electron chi connectivity index (χ1n) is 6.91. The molecule has 0 bridgehead atoms. The van der Waals surface area contributed by atoms with Gasteiger partial charge in [0.15, 0.2) is 0 Å². The highest BCUT2D eigenvalue weighted by Crippen LogP contribution is 2.26. The van der Waals surface area contributed by atoms with Gasteiger partial charge < -0.3 is 10.5 Å². The first-order chi connectivity index (χ1) is 9.74. The Hall–Kier alpha value is -2.29. The van der Waals surface area contributed by atoms with E-state index in [0.29, 0.717) is 6.61 Å². The number of benzene rings is 2. The highest BCUT2D eigenvalue weighted by atomic mass is 16.5. The van der Waals surface area contributed by atoms with Crippen LogP contribution in [0.25, 0.3) is 0 Å². The smallest absolute Gasteiger partial charge is 0.123 e. The van der Waals surface area contributed by atoms with Crippen LogP contribution in [-0.2, 0) is 19.4 Å². The van der Waals surface area contributed by atoms with Crippen LogP contribution in [0.2, 0.25) is 0 Å². The van der Waals surface area contributed by atoms with Crippen molar-refractivity contribution >= 4 is 5.84 Å². The van der Waals surface area contributed by atoms with Crippen molar-refractivity contribution in [1.82, 2.24) is 0 Å². The number of nitrogens with two attached hydrogens (primary N) is 1. The van der Waals surface area contributed by atoms with Crippen molar-refractivity contribution in [2.24, 2.45) is 5.73 Å². The minimum absolute atomic E-state index is 0.0816. The van der Waals surface area contributed by atoms with Gasteiger partial charge in [0.05, 0.1) is 0 Å². The van der Waals surface area contributed by atoms with E-state index in [9.17, 15) is 0 Å². The molecule has 3 nitrogen and oxygen atoms in total. The van der Waals surface area contributed by atoms with E-state index in [1.807, 2.05) is 30.3 Å². The number of nitrogens with one attached hydrogen (secondary N) is 1. The van der Waals surface area contributed by atoms with Crippen molar-refractivity contribution in [3.8, 4) is 5.75 Å². The summed E-state index contributed by atoms with van der Waals surface area (Å²) in [6.45, 7) is 0.439. The summed E-state index contributed by atoms with van der Waals surface area (Å²) >= 11 is 0. The third-order valence-electron chi connectivity index (χ3n) is 3.77. The second kappa shape index (κ2) is 5.37. The number of aryl methyl sites for hydroxylation is 2. The fourth-order valence-electron chi connectivity index (χ4n) is 2.71. The highest BCUT2D eigenvalue weighted by molar-refractivity contribution is 5.96. The SMILES string of the molecule is N=C(N)c1ccccc1COc1ccc2c(c1)CCC2. The number of nitrogen functional groups attached to an aromatic ring is 1. The molecule has 0 radical (unpaired) electrons. The molecule has 20 heavy (non-hydrogen) atoms. The zero-order chi connectivity index (χ0) is 13.9. The third-order valence-corrected chi connectivity index (χ3v) is 3.77. The molecule has 3 heteroatoms. The second-order valence-corrected chi connectivity index (χ2v) is 5.14. The van der Waals surface area contributed by atoms with Gasteiger partial charge in [-0.05, 0) is 42.5 Å². The molecule has 0 saturated carbocycles. The van der Waals surface area contributed by atoms with Crippen molar-refractivity contribution in [2.75, 3.05) is 0 Å². The molecule has 0 heterocycles. The zero-order valence-electron chi connectivity index (χ0n) is 11.4. The van der Waals surface area contributed by atoms with Gasteiger partial charge in [-0.2, -0.15) is 0 Å². The summed E-state index contributed by atoms with van der Waals surface area (Å²) in [7, 11) is 0. The second-order valence-electron chi connectivity index (χ2n) is 5.14. The number of ether oxygens (including phenoxy) is 1. The Morgan fingerprint density at radius 2 is 1.90 bits per heavy atom. The molecular weight excluding hydrogens is 248 g/mol. The van der Waals surface area contributed by atoms with E-state index in [1.54, 1.807) is 0 Å². The summed E-state index contributed by atoms with van der Waals surface area (Å²) in [5, 5.41) is 7.58. The number of rotatable bonds is 4. The largest absolute Gasteiger partial charge is 0.489 e. The quantitative estimate of drug-likeness (QED) is 0.660. The van der Waals surface area contributed by atoms with E-state index in [4.69, 9.17) is 15.9 Å². The number of hydrogen-bond donors (Lipinski definition) is 2. The molecule has 102 valence electrons. The molecule has 3 rings (SSSR count). The minimum Gasteiger partial charge on any atom is -0.489 e. The minimum atomic E-state index is 0.0816. The van der Waals surface area contributed by atoms with Gasteiger partial charge >= 0.3 is 0 Å². The molecule has 0 atom stereocenters. The molecule has 0 aliphatic heterocycles. The predicted octanol–water partition coefficient (Wildman–Crippen LogP) is 3.04. The fraction of sp³-hybridized carbons (Fsp3) is 0.235. The van der Waals surface area contributed by atoms with Gasteiger partial charge in [0.1, 0.15) is 18.2 Å². The van der Waals surface area contributed by atoms with Gasteiger partial charge in [-0.1, -0.05) is 30.3 Å². The summed E-state index contributed by atoms with van der Waals surface area (Å²) in [4.78, 5) is 0. The normalized spacial score (nSPS) is 13.0. The summed E-state index contributed by atoms with van der Waals surface area (Å²) in [5.41, 5.74) is 10.1. The van der Waals surface area contributed by atoms with E-state index in [-0.39, 0.29) is 5.84 Å². The Morgan fingerprint density at radius 1 is 1.10 bits per heavy atom. The summed E-state index contributed by atoms with van der Waals surface area (Å²) in [6.07, 6.45) is 3.57. The van der Waals surface area contributed by atoms with Crippen LogP contribution in [-0.4, -0.2) is 5.84 Å². The van der Waals surface area contributed by atoms with Gasteiger partial charge in [-0.25, -0.2) is 0 Å². The summed E-state index contributed by atoms with van der Waals surface area (Å²) in [6, 6.07) is 13.9. The Bertz CT molecular complexity index is 649. The monoisotopic (exact) mass is 266 g/mol. The molecule has 2 aromatic carbocycles. The van der Waals surface area contributed by atoms with E-state index in [0.717, 1.165) is 23.3 Å². The third kappa shape index (κ3) is 2.52. The Morgan fingerprint density at radius 3 is 2.75 bits per heavy atom. The van der Waals surface area contributed by atoms with E-state index < -0.39 is 0 Å². The number of hydrogen-bond acceptors (Lipinski definition) is 2. The van der Waals surface area contributed by atoms with Crippen molar-refractivity contribution in [3.05, 3.63) is 64.7 Å². The molecule has 3 N–H and O–H groups in total. The van der Waals surface area contributed by atoms with E-state index >= 15 is 0 Å². The van der Waals surface area contributed by atoms with Crippen LogP contribution in [0.3, 0.4) is 0 Å². The Kier molecular flexibility index (Phi) is 3.42. The summed E-state index contributed by atoms with van der Waals surface area (Å²) < 4.78 is 5.86. The van der Waals surface area contributed by atoms with Crippen LogP contribution in [0.4, 0.5) is 0 Å². The van der Waals surface area contributed by atoms with Gasteiger partial charge in [0.2, 0.25) is 0 Å². The molecule has 0 amide bonds. The van der Waals surface area contributed by atoms with E-state index in [2.05, 4.69) is 12.1 Å². The molecule has 0 spiro atoms. The molecular formula is C17H18N2O. The lowest BCUT2D eigenvalue weighted by Gasteiger charge is -2.11. The Balaban J connectivity index is 1.75. The standard InChI is InChI=1S/C17H18N2O/c18-17(19)16-7-2-1-4-14(16)11-20-15-9-8-12-5-3-6-13(12)10-15/h1-2,4,7-10H,3,5-6,11H2,(H3,18,19). The average molecular weight is 266 g/mol. The first kappa shape index (κ1) is 12.7. The maximum Gasteiger partial charge on any atom is 0.123 e. The number of fused-ring (bicyclic) bond motifs is 1. The lowest BCUT2D eigenvalue weighted by atomic mass is 10.1. The number of amidine groups is 1. The van der Waals surface area contributed by atoms with Gasteiger partial charge in [-0.3, -0.25) is 5.41 Å². The van der Waals surface area contributed by atoms with Crippen LogP contribution in [0.5, 0.6) is 5.75 Å². The van der Waals surface area contributed by atoms with Crippen LogP contribution in [0.15, 0.2) is 42.5 Å². The maximum absolute atomic E-state index is 7.58. The Labute approximate surface area is 118 Å². The molecule has 0 fully saturated rings. The van der Waals surface area contributed by atoms with Crippen LogP contribution >= 0.6 is 0 Å². The average Bonchev–Trinajstić information content (AvgIpc) is 2.92. The van der Waals surface area contributed by atoms with Crippen molar-refractivity contribution in [1.29, 1.82) is 5.41 Å². The highest BCUT2D eigenvalue weighted by Gasteiger charge is 2.11. The summed E-state index contributed by atoms with van der Waals surface area (Å²) in [5.74, 6) is 0.974. The molecule has 1 aliphatic rings. The van der Waals surface area contributed by atoms with Crippen molar-refractivity contribution in [2.45, 2.75) is 25.9 Å². The fourth-order valence-corrected chi connectivity index (χ4v) is 2.71. The van der Waals surface area contributed by atoms with Gasteiger partial charge in [0.25, 0.3) is 0 Å². The zero-order valence-corrected chi connectivity index (χ0v) is 11.4. The lowest BCUT2D eigenvalue weighted by molar-refractivity contribution is 0.305.